The normalized spacial score (nSPS) is 27.0. The van der Waals surface area contributed by atoms with Crippen LogP contribution in [0.25, 0.3) is 0 Å². The third kappa shape index (κ3) is 3.00. The Morgan fingerprint density at radius 3 is 2.63 bits per heavy atom. The van der Waals surface area contributed by atoms with Crippen molar-refractivity contribution in [2.24, 2.45) is 5.92 Å². The van der Waals surface area contributed by atoms with E-state index in [1.54, 1.807) is 0 Å². The molecule has 0 saturated carbocycles. The Hall–Kier alpha value is -1.72. The maximum absolute atomic E-state index is 11.5. The van der Waals surface area contributed by atoms with Crippen molar-refractivity contribution in [1.29, 1.82) is 0 Å². The average molecular weight is 269 g/mol. The zero-order valence-corrected chi connectivity index (χ0v) is 11.5. The second-order valence-electron chi connectivity index (χ2n) is 5.12. The third-order valence-corrected chi connectivity index (χ3v) is 4.03. The Bertz CT molecular complexity index is 429. The van der Waals surface area contributed by atoms with Crippen LogP contribution >= 0.6 is 0 Å². The summed E-state index contributed by atoms with van der Waals surface area (Å²) in [6, 6.07) is 0. The second kappa shape index (κ2) is 5.95. The van der Waals surface area contributed by atoms with Gasteiger partial charge in [-0.3, -0.25) is 14.9 Å². The summed E-state index contributed by atoms with van der Waals surface area (Å²) < 4.78 is 4.52. The predicted molar refractivity (Wildman–Crippen MR) is 68.1 cm³/mol. The lowest BCUT2D eigenvalue weighted by molar-refractivity contribution is -0.579. The van der Waals surface area contributed by atoms with Gasteiger partial charge in [-0.25, -0.2) is 0 Å². The minimum Gasteiger partial charge on any atom is -0.469 e. The van der Waals surface area contributed by atoms with Crippen LogP contribution in [0.15, 0.2) is 11.1 Å². The van der Waals surface area contributed by atoms with Gasteiger partial charge in [-0.15, -0.1) is 0 Å². The van der Waals surface area contributed by atoms with Crippen molar-refractivity contribution in [2.45, 2.75) is 45.1 Å². The Morgan fingerprint density at radius 2 is 2.16 bits per heavy atom. The molecule has 1 aliphatic rings. The lowest BCUT2D eigenvalue weighted by atomic mass is 9.69. The van der Waals surface area contributed by atoms with Gasteiger partial charge < -0.3 is 9.53 Å². The van der Waals surface area contributed by atoms with Crippen molar-refractivity contribution in [2.75, 3.05) is 7.11 Å². The molecule has 106 valence electrons. The Labute approximate surface area is 112 Å². The summed E-state index contributed by atoms with van der Waals surface area (Å²) in [4.78, 5) is 33.5. The smallest absolute Gasteiger partial charge is 0.305 e. The highest BCUT2D eigenvalue weighted by Gasteiger charge is 2.52. The van der Waals surface area contributed by atoms with Crippen LogP contribution in [0.5, 0.6) is 0 Å². The molecule has 0 aliphatic heterocycles. The minimum absolute atomic E-state index is 0.0285. The van der Waals surface area contributed by atoms with E-state index in [-0.39, 0.29) is 19.3 Å². The quantitative estimate of drug-likeness (QED) is 0.250. The Morgan fingerprint density at radius 1 is 1.53 bits per heavy atom. The van der Waals surface area contributed by atoms with E-state index < -0.39 is 22.3 Å². The molecule has 6 heteroatoms. The van der Waals surface area contributed by atoms with E-state index in [4.69, 9.17) is 0 Å². The van der Waals surface area contributed by atoms with Gasteiger partial charge in [0.15, 0.2) is 0 Å². The number of carbonyl (C=O) groups excluding carboxylic acids is 2. The molecular formula is C13H19NO5. The summed E-state index contributed by atoms with van der Waals surface area (Å²) in [7, 11) is 1.24. The van der Waals surface area contributed by atoms with Crippen LogP contribution in [0.4, 0.5) is 0 Å². The molecule has 1 rings (SSSR count). The van der Waals surface area contributed by atoms with Gasteiger partial charge in [0, 0.05) is 17.8 Å². The number of allylic oxidation sites excluding steroid dienone is 1. The molecule has 0 radical (unpaired) electrons. The Balaban J connectivity index is 3.06. The second-order valence-corrected chi connectivity index (χ2v) is 5.12. The summed E-state index contributed by atoms with van der Waals surface area (Å²) in [5.74, 6) is -1.18. The van der Waals surface area contributed by atoms with E-state index in [2.05, 4.69) is 4.74 Å². The average Bonchev–Trinajstić information content (AvgIpc) is 2.38. The van der Waals surface area contributed by atoms with Crippen molar-refractivity contribution < 1.29 is 19.2 Å². The number of hydrogen-bond acceptors (Lipinski definition) is 5. The summed E-state index contributed by atoms with van der Waals surface area (Å²) in [5.41, 5.74) is 0.576. The highest BCUT2D eigenvalue weighted by atomic mass is 16.6. The van der Waals surface area contributed by atoms with Crippen molar-refractivity contribution in [3.05, 3.63) is 21.3 Å². The molecule has 0 saturated heterocycles. The summed E-state index contributed by atoms with van der Waals surface area (Å²) in [6.45, 7) is 3.72. The molecule has 0 aromatic carbocycles. The monoisotopic (exact) mass is 269 g/mol. The number of ether oxygens (including phenoxy) is 1. The molecular weight excluding hydrogens is 250 g/mol. The fourth-order valence-corrected chi connectivity index (χ4v) is 2.60. The molecule has 0 amide bonds. The van der Waals surface area contributed by atoms with Crippen LogP contribution in [-0.2, 0) is 14.3 Å². The van der Waals surface area contributed by atoms with Crippen LogP contribution in [0.2, 0.25) is 0 Å². The zero-order valence-electron chi connectivity index (χ0n) is 11.5. The van der Waals surface area contributed by atoms with Crippen LogP contribution in [0, 0.1) is 16.0 Å². The van der Waals surface area contributed by atoms with E-state index >= 15 is 0 Å². The van der Waals surface area contributed by atoms with Crippen molar-refractivity contribution >= 4 is 12.3 Å². The molecule has 2 atom stereocenters. The number of esters is 1. The van der Waals surface area contributed by atoms with Crippen LogP contribution in [0.3, 0.4) is 0 Å². The van der Waals surface area contributed by atoms with E-state index in [0.29, 0.717) is 12.7 Å². The standard InChI is InChI=1S/C13H19NO5/c1-9-6-11(8-15)13(14(17)18,7-10(9)2)5-4-12(16)19-3/h8,11H,4-7H2,1-3H3/t11-,13-/m1/s1. The molecule has 0 spiro atoms. The number of rotatable bonds is 5. The molecule has 1 aliphatic carbocycles. The first-order valence-electron chi connectivity index (χ1n) is 6.19. The fourth-order valence-electron chi connectivity index (χ4n) is 2.60. The topological polar surface area (TPSA) is 86.5 Å². The molecule has 6 nitrogen and oxygen atoms in total. The lowest BCUT2D eigenvalue weighted by Gasteiger charge is -2.35. The number of carbonyl (C=O) groups is 2. The van der Waals surface area contributed by atoms with Crippen LogP contribution < -0.4 is 0 Å². The number of methoxy groups -OCH3 is 1. The predicted octanol–water partition coefficient (Wildman–Crippen LogP) is 1.90. The molecule has 0 heterocycles. The zero-order chi connectivity index (χ0) is 14.6. The number of aldehydes is 1. The van der Waals surface area contributed by atoms with Gasteiger partial charge in [0.2, 0.25) is 5.54 Å². The highest BCUT2D eigenvalue weighted by molar-refractivity contribution is 5.69. The third-order valence-electron chi connectivity index (χ3n) is 4.03. The van der Waals surface area contributed by atoms with Crippen molar-refractivity contribution in [3.8, 4) is 0 Å². The molecule has 0 N–H and O–H groups in total. The summed E-state index contributed by atoms with van der Waals surface area (Å²) in [5, 5.41) is 11.5. The van der Waals surface area contributed by atoms with E-state index in [0.717, 1.165) is 11.1 Å². The van der Waals surface area contributed by atoms with Crippen molar-refractivity contribution in [3.63, 3.8) is 0 Å². The van der Waals surface area contributed by atoms with Gasteiger partial charge in [0.25, 0.3) is 0 Å². The molecule has 19 heavy (non-hydrogen) atoms. The molecule has 0 fully saturated rings. The van der Waals surface area contributed by atoms with Gasteiger partial charge in [0.1, 0.15) is 6.29 Å². The molecule has 0 unspecified atom stereocenters. The van der Waals surface area contributed by atoms with Gasteiger partial charge in [-0.1, -0.05) is 11.1 Å². The Kier molecular flexibility index (Phi) is 4.80. The van der Waals surface area contributed by atoms with Gasteiger partial charge in [0.05, 0.1) is 19.4 Å². The summed E-state index contributed by atoms with van der Waals surface area (Å²) in [6.07, 6.45) is 1.23. The maximum Gasteiger partial charge on any atom is 0.305 e. The van der Waals surface area contributed by atoms with Gasteiger partial charge >= 0.3 is 5.97 Å². The van der Waals surface area contributed by atoms with E-state index in [9.17, 15) is 19.7 Å². The SMILES string of the molecule is COC(=O)CC[C@@]1([N+](=O)[O-])CC(C)=C(C)C[C@@H]1C=O. The van der Waals surface area contributed by atoms with Crippen LogP contribution in [0.1, 0.15) is 39.5 Å². The summed E-state index contributed by atoms with van der Waals surface area (Å²) >= 11 is 0. The molecule has 0 aromatic rings. The van der Waals surface area contributed by atoms with Gasteiger partial charge in [-0.2, -0.15) is 0 Å². The lowest BCUT2D eigenvalue weighted by Crippen LogP contribution is -2.49. The van der Waals surface area contributed by atoms with E-state index in [1.807, 2.05) is 13.8 Å². The molecule has 0 bridgehead atoms. The van der Waals surface area contributed by atoms with Crippen molar-refractivity contribution in [1.82, 2.24) is 0 Å². The van der Waals surface area contributed by atoms with E-state index in [1.165, 1.54) is 7.11 Å². The minimum atomic E-state index is -1.38. The maximum atomic E-state index is 11.5. The number of nitrogens with zero attached hydrogens (tertiary/aromatic N) is 1. The first kappa shape index (κ1) is 15.3. The first-order chi connectivity index (χ1) is 8.87. The highest BCUT2D eigenvalue weighted by Crippen LogP contribution is 2.41. The van der Waals surface area contributed by atoms with Crippen LogP contribution in [-0.4, -0.2) is 29.8 Å². The van der Waals surface area contributed by atoms with Gasteiger partial charge in [-0.05, 0) is 20.3 Å². The number of nitro groups is 1. The largest absolute Gasteiger partial charge is 0.469 e. The first-order valence-corrected chi connectivity index (χ1v) is 6.19. The number of hydrogen-bond donors (Lipinski definition) is 0. The molecule has 0 aromatic heterocycles. The fraction of sp³-hybridized carbons (Fsp3) is 0.692.